The molecule has 6 heteroatoms. The molecule has 0 aliphatic carbocycles. The molecule has 0 spiro atoms. The minimum Gasteiger partial charge on any atom is -0.465 e. The van der Waals surface area contributed by atoms with Crippen molar-refractivity contribution in [1.82, 2.24) is 5.32 Å². The van der Waals surface area contributed by atoms with Crippen molar-refractivity contribution in [1.29, 1.82) is 0 Å². The lowest BCUT2D eigenvalue weighted by Gasteiger charge is -2.26. The first kappa shape index (κ1) is 15.8. The highest BCUT2D eigenvalue weighted by Crippen LogP contribution is 2.46. The van der Waals surface area contributed by atoms with E-state index in [0.29, 0.717) is 6.54 Å². The number of hydrogen-bond acceptors (Lipinski definition) is 2. The van der Waals surface area contributed by atoms with Gasteiger partial charge in [-0.3, -0.25) is 4.79 Å². The highest BCUT2D eigenvalue weighted by atomic mass is 79.9. The Morgan fingerprint density at radius 1 is 1.38 bits per heavy atom. The molecule has 21 heavy (non-hydrogen) atoms. The maximum atomic E-state index is 12.9. The number of nitrogens with one attached hydrogen (secondary N) is 1. The van der Waals surface area contributed by atoms with Crippen LogP contribution < -0.4 is 10.2 Å². The third-order valence-electron chi connectivity index (χ3n) is 4.24. The Morgan fingerprint density at radius 3 is 2.62 bits per heavy atom. The molecule has 2 N–H and O–H groups in total. The van der Waals surface area contributed by atoms with Gasteiger partial charge in [0.15, 0.2) is 0 Å². The van der Waals surface area contributed by atoms with E-state index in [1.807, 2.05) is 32.0 Å². The first-order valence-electron chi connectivity index (χ1n) is 7.05. The normalized spacial score (nSPS) is 16.0. The van der Waals surface area contributed by atoms with Gasteiger partial charge in [-0.05, 0) is 30.5 Å². The lowest BCUT2D eigenvalue weighted by Crippen LogP contribution is -2.42. The Balaban J connectivity index is 2.37. The van der Waals surface area contributed by atoms with Crippen LogP contribution in [0, 0.1) is 0 Å². The minimum atomic E-state index is -1.08. The van der Waals surface area contributed by atoms with E-state index in [0.717, 1.165) is 28.6 Å². The second-order valence-corrected chi connectivity index (χ2v) is 6.06. The Labute approximate surface area is 132 Å². The van der Waals surface area contributed by atoms with Crippen LogP contribution in [0.2, 0.25) is 0 Å². The molecule has 0 unspecified atom stereocenters. The van der Waals surface area contributed by atoms with Crippen molar-refractivity contribution in [3.63, 3.8) is 0 Å². The van der Waals surface area contributed by atoms with E-state index in [-0.39, 0.29) is 12.5 Å². The molecular weight excluding hydrogens is 336 g/mol. The first-order valence-corrected chi connectivity index (χ1v) is 7.84. The number of rotatable bonds is 5. The number of carbonyl (C=O) groups is 2. The molecule has 0 radical (unpaired) electrons. The van der Waals surface area contributed by atoms with E-state index < -0.39 is 11.5 Å². The summed E-state index contributed by atoms with van der Waals surface area (Å²) in [4.78, 5) is 25.1. The molecule has 0 saturated heterocycles. The van der Waals surface area contributed by atoms with Crippen LogP contribution in [-0.2, 0) is 10.2 Å². The third-order valence-corrected chi connectivity index (χ3v) is 4.73. The zero-order valence-electron chi connectivity index (χ0n) is 12.1. The second kappa shape index (κ2) is 6.05. The average molecular weight is 355 g/mol. The van der Waals surface area contributed by atoms with Crippen LogP contribution in [0.15, 0.2) is 22.7 Å². The summed E-state index contributed by atoms with van der Waals surface area (Å²) in [6, 6.07) is 5.88. The molecule has 1 aromatic carbocycles. The zero-order chi connectivity index (χ0) is 15.6. The number of amides is 2. The fourth-order valence-electron chi connectivity index (χ4n) is 3.05. The van der Waals surface area contributed by atoms with Crippen molar-refractivity contribution in [3.05, 3.63) is 28.2 Å². The standard InChI is InChI=1S/C15H19BrN2O3/c1-3-15(4-2)11-6-5-10(16)9-12(11)18(13(15)19)8-7-17-14(20)21/h5-6,9,17H,3-4,7-8H2,1-2H3,(H,20,21). The molecule has 1 aliphatic rings. The van der Waals surface area contributed by atoms with Gasteiger partial charge >= 0.3 is 6.09 Å². The molecule has 2 rings (SSSR count). The SMILES string of the molecule is CCC1(CC)C(=O)N(CCNC(=O)O)c2cc(Br)ccc21. The Kier molecular flexibility index (Phi) is 4.56. The van der Waals surface area contributed by atoms with E-state index in [1.165, 1.54) is 0 Å². The minimum absolute atomic E-state index is 0.0628. The van der Waals surface area contributed by atoms with Crippen LogP contribution >= 0.6 is 15.9 Å². The summed E-state index contributed by atoms with van der Waals surface area (Å²) < 4.78 is 0.910. The fourth-order valence-corrected chi connectivity index (χ4v) is 3.39. The largest absolute Gasteiger partial charge is 0.465 e. The van der Waals surface area contributed by atoms with Gasteiger partial charge in [0, 0.05) is 23.2 Å². The smallest absolute Gasteiger partial charge is 0.404 e. The fraction of sp³-hybridized carbons (Fsp3) is 0.467. The van der Waals surface area contributed by atoms with Crippen molar-refractivity contribution in [3.8, 4) is 0 Å². The third kappa shape index (κ3) is 2.64. The number of carboxylic acid groups (broad SMARTS) is 1. The number of anilines is 1. The lowest BCUT2D eigenvalue weighted by atomic mass is 9.77. The summed E-state index contributed by atoms with van der Waals surface area (Å²) in [5.41, 5.74) is 1.43. The molecule has 2 amide bonds. The molecule has 0 bridgehead atoms. The van der Waals surface area contributed by atoms with Crippen molar-refractivity contribution >= 4 is 33.6 Å². The van der Waals surface area contributed by atoms with Crippen LogP contribution in [0.5, 0.6) is 0 Å². The molecule has 0 fully saturated rings. The Morgan fingerprint density at radius 2 is 2.05 bits per heavy atom. The molecule has 0 saturated carbocycles. The summed E-state index contributed by atoms with van der Waals surface area (Å²) in [6.07, 6.45) is 0.396. The summed E-state index contributed by atoms with van der Waals surface area (Å²) in [5.74, 6) is 0.0628. The first-order chi connectivity index (χ1) is 9.96. The monoisotopic (exact) mass is 354 g/mol. The van der Waals surface area contributed by atoms with Crippen molar-refractivity contribution in [2.45, 2.75) is 32.1 Å². The quantitative estimate of drug-likeness (QED) is 0.853. The summed E-state index contributed by atoms with van der Waals surface area (Å²) >= 11 is 3.44. The zero-order valence-corrected chi connectivity index (χ0v) is 13.7. The maximum Gasteiger partial charge on any atom is 0.404 e. The molecule has 1 aromatic rings. The van der Waals surface area contributed by atoms with Crippen molar-refractivity contribution in [2.24, 2.45) is 0 Å². The topological polar surface area (TPSA) is 69.6 Å². The van der Waals surface area contributed by atoms with Crippen LogP contribution in [-0.4, -0.2) is 30.2 Å². The Bertz CT molecular complexity index is 570. The highest BCUT2D eigenvalue weighted by Gasteiger charge is 2.48. The van der Waals surface area contributed by atoms with Crippen molar-refractivity contribution in [2.75, 3.05) is 18.0 Å². The van der Waals surface area contributed by atoms with E-state index in [9.17, 15) is 9.59 Å². The van der Waals surface area contributed by atoms with E-state index in [4.69, 9.17) is 5.11 Å². The number of carbonyl (C=O) groups excluding carboxylic acids is 1. The van der Waals surface area contributed by atoms with Gasteiger partial charge in [-0.15, -0.1) is 0 Å². The van der Waals surface area contributed by atoms with Gasteiger partial charge in [0.25, 0.3) is 0 Å². The Hall–Kier alpha value is -1.56. The summed E-state index contributed by atoms with van der Waals surface area (Å²) in [6.45, 7) is 4.60. The van der Waals surface area contributed by atoms with Gasteiger partial charge in [0.05, 0.1) is 5.41 Å². The molecule has 0 aromatic heterocycles. The maximum absolute atomic E-state index is 12.9. The second-order valence-electron chi connectivity index (χ2n) is 5.14. The van der Waals surface area contributed by atoms with Crippen LogP contribution in [0.1, 0.15) is 32.3 Å². The van der Waals surface area contributed by atoms with E-state index >= 15 is 0 Å². The van der Waals surface area contributed by atoms with E-state index in [2.05, 4.69) is 21.2 Å². The lowest BCUT2D eigenvalue weighted by molar-refractivity contribution is -0.123. The average Bonchev–Trinajstić information content (AvgIpc) is 2.68. The number of fused-ring (bicyclic) bond motifs is 1. The van der Waals surface area contributed by atoms with Crippen LogP contribution in [0.25, 0.3) is 0 Å². The van der Waals surface area contributed by atoms with Gasteiger partial charge in [-0.1, -0.05) is 35.8 Å². The number of nitrogens with zero attached hydrogens (tertiary/aromatic N) is 1. The summed E-state index contributed by atoms with van der Waals surface area (Å²) in [7, 11) is 0. The summed E-state index contributed by atoms with van der Waals surface area (Å²) in [5, 5.41) is 11.0. The van der Waals surface area contributed by atoms with Gasteiger partial charge in [-0.25, -0.2) is 4.79 Å². The van der Waals surface area contributed by atoms with Crippen LogP contribution in [0.4, 0.5) is 10.5 Å². The molecule has 114 valence electrons. The highest BCUT2D eigenvalue weighted by molar-refractivity contribution is 9.10. The number of benzene rings is 1. The molecular formula is C15H19BrN2O3. The number of hydrogen-bond donors (Lipinski definition) is 2. The number of halogens is 1. The predicted octanol–water partition coefficient (Wildman–Crippen LogP) is 3.12. The van der Waals surface area contributed by atoms with Crippen molar-refractivity contribution < 1.29 is 14.7 Å². The molecule has 1 aliphatic heterocycles. The van der Waals surface area contributed by atoms with Gasteiger partial charge in [0.2, 0.25) is 5.91 Å². The predicted molar refractivity (Wildman–Crippen MR) is 84.8 cm³/mol. The molecule has 0 atom stereocenters. The van der Waals surface area contributed by atoms with Gasteiger partial charge in [0.1, 0.15) is 0 Å². The van der Waals surface area contributed by atoms with E-state index in [1.54, 1.807) is 4.90 Å². The molecule has 1 heterocycles. The molecule has 5 nitrogen and oxygen atoms in total. The van der Waals surface area contributed by atoms with Gasteiger partial charge < -0.3 is 15.3 Å². The van der Waals surface area contributed by atoms with Crippen LogP contribution in [0.3, 0.4) is 0 Å². The van der Waals surface area contributed by atoms with Gasteiger partial charge in [-0.2, -0.15) is 0 Å².